The van der Waals surface area contributed by atoms with Crippen LogP contribution in [-0.4, -0.2) is 56.5 Å². The van der Waals surface area contributed by atoms with E-state index in [1.165, 1.54) is 5.57 Å². The van der Waals surface area contributed by atoms with E-state index >= 15 is 0 Å². The summed E-state index contributed by atoms with van der Waals surface area (Å²) in [5, 5.41) is 9.61. The largest absolute Gasteiger partial charge is 0.493 e. The first kappa shape index (κ1) is 26.7. The molecule has 3 aromatic rings. The maximum Gasteiger partial charge on any atom is 0.335 e. The lowest BCUT2D eigenvalue weighted by Crippen LogP contribution is -2.40. The zero-order chi connectivity index (χ0) is 27.4. The summed E-state index contributed by atoms with van der Waals surface area (Å²) in [6, 6.07) is 20.0. The van der Waals surface area contributed by atoms with Gasteiger partial charge in [-0.05, 0) is 82.9 Å². The molecule has 6 heteroatoms. The molecular weight excluding hydrogens is 493 g/mol. The van der Waals surface area contributed by atoms with E-state index in [2.05, 4.69) is 41.3 Å². The fourth-order valence-corrected chi connectivity index (χ4v) is 5.69. The van der Waals surface area contributed by atoms with Crippen molar-refractivity contribution in [1.82, 2.24) is 4.90 Å². The Kier molecular flexibility index (Phi) is 8.13. The van der Waals surface area contributed by atoms with Gasteiger partial charge in [0.1, 0.15) is 0 Å². The third-order valence-corrected chi connectivity index (χ3v) is 7.56. The maximum atomic E-state index is 12.5. The van der Waals surface area contributed by atoms with Crippen molar-refractivity contribution in [3.8, 4) is 11.5 Å². The highest BCUT2D eigenvalue weighted by Gasteiger charge is 2.24. The highest BCUT2D eigenvalue weighted by Crippen LogP contribution is 2.45. The second-order valence-corrected chi connectivity index (χ2v) is 10.1. The number of carbonyl (C=O) groups is 1. The number of halogens is 1. The summed E-state index contributed by atoms with van der Waals surface area (Å²) in [6.45, 7) is 2.33. The van der Waals surface area contributed by atoms with Gasteiger partial charge in [-0.2, -0.15) is 0 Å². The van der Waals surface area contributed by atoms with E-state index in [9.17, 15) is 14.3 Å². The van der Waals surface area contributed by atoms with Gasteiger partial charge in [0.05, 0.1) is 26.5 Å². The standard InChI is InChI=1S/C33H34FNO4/c1-38-30-9-4-8-29(32(30)39-2)28-7-3-6-25-19-26(33(36)37)14-15-27(25)31(28)24-12-10-22(11-13-24)18-23-20-35(21-23)17-5-16-34/h4,8-15,18-19H,3,5-7,16-17,20-21H2,1-2H3,(H,36,37). The normalized spacial score (nSPS) is 15.3. The van der Waals surface area contributed by atoms with Crippen molar-refractivity contribution in [1.29, 1.82) is 0 Å². The molecule has 3 aromatic carbocycles. The number of rotatable bonds is 9. The quantitative estimate of drug-likeness (QED) is 0.333. The van der Waals surface area contributed by atoms with Gasteiger partial charge in [-0.1, -0.05) is 48.5 Å². The Balaban J connectivity index is 1.59. The monoisotopic (exact) mass is 527 g/mol. The summed E-state index contributed by atoms with van der Waals surface area (Å²) in [6.07, 6.45) is 5.30. The van der Waals surface area contributed by atoms with Crippen LogP contribution >= 0.6 is 0 Å². The average Bonchev–Trinajstić information content (AvgIpc) is 3.13. The minimum atomic E-state index is -0.918. The number of carboxylic acids is 1. The van der Waals surface area contributed by atoms with Crippen molar-refractivity contribution in [2.24, 2.45) is 0 Å². The second kappa shape index (κ2) is 11.9. The lowest BCUT2D eigenvalue weighted by atomic mass is 9.86. The van der Waals surface area contributed by atoms with Crippen LogP contribution in [0.5, 0.6) is 11.5 Å². The molecule has 5 nitrogen and oxygen atoms in total. The van der Waals surface area contributed by atoms with Gasteiger partial charge in [-0.15, -0.1) is 0 Å². The summed E-state index contributed by atoms with van der Waals surface area (Å²) in [5.74, 6) is 0.455. The SMILES string of the molecule is COc1cccc(C2=C(c3ccc(C=C4CN(CCCF)C4)cc3)c3ccc(C(=O)O)cc3CCC2)c1OC. The molecule has 2 aliphatic rings. The number of alkyl halides is 1. The van der Waals surface area contributed by atoms with Crippen LogP contribution in [-0.2, 0) is 6.42 Å². The number of benzene rings is 3. The van der Waals surface area contributed by atoms with E-state index in [4.69, 9.17) is 9.47 Å². The van der Waals surface area contributed by atoms with E-state index in [1.807, 2.05) is 24.3 Å². The lowest BCUT2D eigenvalue weighted by molar-refractivity contribution is 0.0696. The number of likely N-dealkylation sites (tertiary alicyclic amines) is 1. The van der Waals surface area contributed by atoms with Crippen molar-refractivity contribution in [2.45, 2.75) is 25.7 Å². The Labute approximate surface area is 229 Å². The fraction of sp³-hybridized carbons (Fsp3) is 0.303. The number of hydrogen-bond acceptors (Lipinski definition) is 4. The molecule has 1 saturated heterocycles. The topological polar surface area (TPSA) is 59.0 Å². The van der Waals surface area contributed by atoms with Gasteiger partial charge < -0.3 is 14.6 Å². The van der Waals surface area contributed by atoms with Crippen LogP contribution in [0.3, 0.4) is 0 Å². The Morgan fingerprint density at radius 1 is 1.00 bits per heavy atom. The number of fused-ring (bicyclic) bond motifs is 1. The van der Waals surface area contributed by atoms with E-state index in [0.29, 0.717) is 23.5 Å². The minimum Gasteiger partial charge on any atom is -0.493 e. The van der Waals surface area contributed by atoms with Gasteiger partial charge in [-0.25, -0.2) is 4.79 Å². The Bertz CT molecular complexity index is 1420. The number of aromatic carboxylic acids is 1. The van der Waals surface area contributed by atoms with E-state index < -0.39 is 5.97 Å². The highest BCUT2D eigenvalue weighted by atomic mass is 19.1. The summed E-state index contributed by atoms with van der Waals surface area (Å²) in [4.78, 5) is 14.0. The molecule has 0 radical (unpaired) electrons. The minimum absolute atomic E-state index is 0.267. The molecule has 5 rings (SSSR count). The molecule has 1 heterocycles. The first-order chi connectivity index (χ1) is 19.0. The van der Waals surface area contributed by atoms with Crippen LogP contribution in [0.15, 0.2) is 66.2 Å². The summed E-state index contributed by atoms with van der Waals surface area (Å²) in [5.41, 5.74) is 9.17. The summed E-state index contributed by atoms with van der Waals surface area (Å²) in [7, 11) is 3.30. The van der Waals surface area contributed by atoms with E-state index in [-0.39, 0.29) is 6.67 Å². The van der Waals surface area contributed by atoms with Crippen molar-refractivity contribution in [3.63, 3.8) is 0 Å². The molecule has 1 fully saturated rings. The number of para-hydroxylation sites is 1. The molecule has 0 saturated carbocycles. The predicted molar refractivity (Wildman–Crippen MR) is 153 cm³/mol. The van der Waals surface area contributed by atoms with E-state index in [1.54, 1.807) is 20.3 Å². The number of ether oxygens (including phenoxy) is 2. The molecule has 39 heavy (non-hydrogen) atoms. The smallest absolute Gasteiger partial charge is 0.335 e. The first-order valence-electron chi connectivity index (χ1n) is 13.4. The molecule has 1 N–H and O–H groups in total. The van der Waals surface area contributed by atoms with Crippen LogP contribution in [0, 0.1) is 0 Å². The predicted octanol–water partition coefficient (Wildman–Crippen LogP) is 6.76. The Morgan fingerprint density at radius 3 is 2.49 bits per heavy atom. The molecule has 0 spiro atoms. The summed E-state index contributed by atoms with van der Waals surface area (Å²) >= 11 is 0. The maximum absolute atomic E-state index is 12.5. The number of carboxylic acid groups (broad SMARTS) is 1. The van der Waals surface area contributed by atoms with Gasteiger partial charge in [0.2, 0.25) is 0 Å². The number of nitrogens with zero attached hydrogens (tertiary/aromatic N) is 1. The lowest BCUT2D eigenvalue weighted by Gasteiger charge is -2.33. The Hall–Kier alpha value is -3.90. The number of hydrogen-bond donors (Lipinski definition) is 1. The number of aryl methyl sites for hydroxylation is 1. The van der Waals surface area contributed by atoms with Crippen LogP contribution in [0.25, 0.3) is 17.2 Å². The van der Waals surface area contributed by atoms with Gasteiger partial charge >= 0.3 is 5.97 Å². The summed E-state index contributed by atoms with van der Waals surface area (Å²) < 4.78 is 23.9. The molecule has 0 aromatic heterocycles. The third-order valence-electron chi connectivity index (χ3n) is 7.56. The van der Waals surface area contributed by atoms with Gasteiger partial charge in [0.25, 0.3) is 0 Å². The molecule has 0 atom stereocenters. The molecule has 1 aliphatic heterocycles. The van der Waals surface area contributed by atoms with Crippen LogP contribution in [0.1, 0.15) is 57.4 Å². The van der Waals surface area contributed by atoms with Crippen molar-refractivity contribution < 1.29 is 23.8 Å². The van der Waals surface area contributed by atoms with Crippen molar-refractivity contribution >= 4 is 23.2 Å². The molecule has 0 bridgehead atoms. The van der Waals surface area contributed by atoms with Crippen LogP contribution < -0.4 is 9.47 Å². The molecular formula is C33H34FNO4. The molecule has 0 amide bonds. The number of methoxy groups -OCH3 is 2. The third kappa shape index (κ3) is 5.62. The van der Waals surface area contributed by atoms with E-state index in [0.717, 1.165) is 77.9 Å². The highest BCUT2D eigenvalue weighted by molar-refractivity contribution is 6.02. The fourth-order valence-electron chi connectivity index (χ4n) is 5.69. The molecule has 202 valence electrons. The van der Waals surface area contributed by atoms with Gasteiger partial charge in [0.15, 0.2) is 11.5 Å². The average molecular weight is 528 g/mol. The van der Waals surface area contributed by atoms with Crippen LogP contribution in [0.2, 0.25) is 0 Å². The molecule has 1 aliphatic carbocycles. The zero-order valence-corrected chi connectivity index (χ0v) is 22.5. The molecule has 0 unspecified atom stereocenters. The Morgan fingerprint density at radius 2 is 1.79 bits per heavy atom. The first-order valence-corrected chi connectivity index (χ1v) is 13.4. The van der Waals surface area contributed by atoms with Gasteiger partial charge in [-0.3, -0.25) is 9.29 Å². The second-order valence-electron chi connectivity index (χ2n) is 10.1. The van der Waals surface area contributed by atoms with Crippen molar-refractivity contribution in [2.75, 3.05) is 40.5 Å². The number of allylic oxidation sites excluding steroid dienone is 1. The zero-order valence-electron chi connectivity index (χ0n) is 22.5. The van der Waals surface area contributed by atoms with Crippen LogP contribution in [0.4, 0.5) is 4.39 Å². The van der Waals surface area contributed by atoms with Crippen molar-refractivity contribution in [3.05, 3.63) is 99.6 Å². The van der Waals surface area contributed by atoms with Gasteiger partial charge in [0, 0.05) is 25.2 Å².